The van der Waals surface area contributed by atoms with Crippen molar-refractivity contribution in [3.63, 3.8) is 0 Å². The number of nitrogens with one attached hydrogen (secondary N) is 2. The second-order valence-corrected chi connectivity index (χ2v) is 8.91. The van der Waals surface area contributed by atoms with Crippen molar-refractivity contribution >= 4 is 28.9 Å². The van der Waals surface area contributed by atoms with Crippen molar-refractivity contribution in [2.24, 2.45) is 0 Å². The summed E-state index contributed by atoms with van der Waals surface area (Å²) < 4.78 is 42.0. The monoisotopic (exact) mass is 521 g/mol. The topological polar surface area (TPSA) is 62.2 Å². The van der Waals surface area contributed by atoms with Gasteiger partial charge in [0.15, 0.2) is 5.11 Å². The number of pyridine rings is 1. The molecular weight excluding hydrogens is 499 g/mol. The molecule has 10 heteroatoms. The number of aromatic nitrogens is 2. The van der Waals surface area contributed by atoms with Gasteiger partial charge in [0, 0.05) is 29.5 Å². The molecule has 3 heterocycles. The van der Waals surface area contributed by atoms with Crippen LogP contribution in [0, 0.1) is 0 Å². The predicted molar refractivity (Wildman–Crippen MR) is 138 cm³/mol. The van der Waals surface area contributed by atoms with Crippen LogP contribution >= 0.6 is 12.2 Å². The van der Waals surface area contributed by atoms with E-state index in [1.165, 1.54) is 6.07 Å². The van der Waals surface area contributed by atoms with E-state index in [0.29, 0.717) is 27.9 Å². The van der Waals surface area contributed by atoms with Gasteiger partial charge in [0.1, 0.15) is 6.54 Å². The average Bonchev–Trinajstić information content (AvgIpc) is 3.49. The molecule has 2 aromatic heterocycles. The third kappa shape index (κ3) is 5.19. The van der Waals surface area contributed by atoms with E-state index in [-0.39, 0.29) is 12.5 Å². The zero-order valence-corrected chi connectivity index (χ0v) is 20.2. The molecule has 4 aromatic rings. The Morgan fingerprint density at radius 1 is 1.00 bits per heavy atom. The minimum absolute atomic E-state index is 0.0670. The van der Waals surface area contributed by atoms with Gasteiger partial charge in [-0.25, -0.2) is 0 Å². The second kappa shape index (κ2) is 10.1. The van der Waals surface area contributed by atoms with E-state index in [9.17, 15) is 18.0 Å². The number of halogens is 3. The van der Waals surface area contributed by atoms with Gasteiger partial charge in [-0.3, -0.25) is 9.78 Å². The highest BCUT2D eigenvalue weighted by molar-refractivity contribution is 7.80. The van der Waals surface area contributed by atoms with Crippen molar-refractivity contribution in [1.82, 2.24) is 19.8 Å². The van der Waals surface area contributed by atoms with E-state index in [1.807, 2.05) is 36.4 Å². The number of rotatable bonds is 6. The Hall–Kier alpha value is -4.18. The molecule has 1 amide bonds. The fourth-order valence-corrected chi connectivity index (χ4v) is 4.78. The molecule has 1 aliphatic rings. The molecule has 1 fully saturated rings. The van der Waals surface area contributed by atoms with E-state index in [0.717, 1.165) is 12.1 Å². The lowest BCUT2D eigenvalue weighted by molar-refractivity contribution is -0.137. The van der Waals surface area contributed by atoms with Crippen molar-refractivity contribution in [1.29, 1.82) is 0 Å². The number of hydrogen-bond acceptors (Lipinski definition) is 3. The first-order valence-electron chi connectivity index (χ1n) is 11.5. The Morgan fingerprint density at radius 3 is 2.51 bits per heavy atom. The minimum atomic E-state index is -4.47. The van der Waals surface area contributed by atoms with Crippen molar-refractivity contribution in [2.45, 2.75) is 18.3 Å². The lowest BCUT2D eigenvalue weighted by Crippen LogP contribution is -2.37. The van der Waals surface area contributed by atoms with Crippen LogP contribution in [0.1, 0.15) is 29.0 Å². The average molecular weight is 522 g/mol. The summed E-state index contributed by atoms with van der Waals surface area (Å²) in [5.41, 5.74) is 1.61. The van der Waals surface area contributed by atoms with Crippen molar-refractivity contribution in [3.8, 4) is 5.69 Å². The summed E-state index contributed by atoms with van der Waals surface area (Å²) in [6.07, 6.45) is -1.12. The number of nitrogens with zero attached hydrogens (tertiary/aromatic N) is 3. The van der Waals surface area contributed by atoms with Crippen molar-refractivity contribution in [3.05, 3.63) is 114 Å². The maximum Gasteiger partial charge on any atom is 0.416 e. The van der Waals surface area contributed by atoms with E-state index in [1.54, 1.807) is 52.2 Å². The van der Waals surface area contributed by atoms with E-state index in [2.05, 4.69) is 15.6 Å². The molecule has 0 saturated carbocycles. The minimum Gasteiger partial charge on any atom is -0.352 e. The smallest absolute Gasteiger partial charge is 0.352 e. The number of carbonyl (C=O) groups excluding carboxylic acids is 1. The molecule has 6 nitrogen and oxygen atoms in total. The van der Waals surface area contributed by atoms with E-state index < -0.39 is 23.8 Å². The number of benzene rings is 2. The lowest BCUT2D eigenvalue weighted by atomic mass is 10.0. The molecule has 2 unspecified atom stereocenters. The third-order valence-corrected chi connectivity index (χ3v) is 6.46. The zero-order chi connectivity index (χ0) is 26.0. The molecule has 1 aliphatic heterocycles. The number of thiocarbonyl (C=S) groups is 1. The summed E-state index contributed by atoms with van der Waals surface area (Å²) in [4.78, 5) is 19.2. The summed E-state index contributed by atoms with van der Waals surface area (Å²) in [7, 11) is 0. The molecule has 5 rings (SSSR count). The van der Waals surface area contributed by atoms with Gasteiger partial charge in [0.05, 0.1) is 23.3 Å². The van der Waals surface area contributed by atoms with Crippen LogP contribution in [0.4, 0.5) is 18.9 Å². The van der Waals surface area contributed by atoms with Crippen LogP contribution in [0.15, 0.2) is 97.3 Å². The van der Waals surface area contributed by atoms with Crippen LogP contribution in [0.25, 0.3) is 5.69 Å². The highest BCUT2D eigenvalue weighted by Crippen LogP contribution is 2.40. The second-order valence-electron chi connectivity index (χ2n) is 8.52. The molecule has 2 aromatic carbocycles. The first-order valence-corrected chi connectivity index (χ1v) is 11.9. The summed E-state index contributed by atoms with van der Waals surface area (Å²) in [5.74, 6) is -0.279. The van der Waals surface area contributed by atoms with Crippen LogP contribution in [0.2, 0.25) is 0 Å². The molecular formula is C27H22F3N5OS. The molecule has 37 heavy (non-hydrogen) atoms. The van der Waals surface area contributed by atoms with Crippen molar-refractivity contribution < 1.29 is 18.0 Å². The van der Waals surface area contributed by atoms with Gasteiger partial charge in [0.25, 0.3) is 0 Å². The van der Waals surface area contributed by atoms with Crippen LogP contribution < -0.4 is 10.6 Å². The van der Waals surface area contributed by atoms with Gasteiger partial charge >= 0.3 is 6.18 Å². The van der Waals surface area contributed by atoms with Gasteiger partial charge in [-0.15, -0.1) is 0 Å². The number of alkyl halides is 3. The Balaban J connectivity index is 1.53. The lowest BCUT2D eigenvalue weighted by Gasteiger charge is -2.28. The number of para-hydroxylation sites is 1. The number of carbonyl (C=O) groups is 1. The summed E-state index contributed by atoms with van der Waals surface area (Å²) in [6.45, 7) is -0.0670. The van der Waals surface area contributed by atoms with Gasteiger partial charge in [0.2, 0.25) is 5.91 Å². The number of anilines is 1. The standard InChI is InChI=1S/C27H22F3N5OS/c28-27(29,30)18-8-6-11-20(16-18)34-15-7-13-22(34)25-24(21-12-4-5-14-31-21)33-26(37)35(25)17-23(36)32-19-9-2-1-3-10-19/h1-16,24-25H,17H2,(H,32,36)(H,33,37). The van der Waals surface area contributed by atoms with Gasteiger partial charge < -0.3 is 20.1 Å². The summed E-state index contributed by atoms with van der Waals surface area (Å²) in [6, 6.07) is 22.3. The normalized spacial score (nSPS) is 17.5. The molecule has 2 atom stereocenters. The molecule has 0 spiro atoms. The van der Waals surface area contributed by atoms with Crippen LogP contribution in [0.3, 0.4) is 0 Å². The SMILES string of the molecule is O=C(CN1C(=S)NC(c2ccccn2)C1c1cccn1-c1cccc(C(F)(F)F)c1)Nc1ccccc1. The number of hydrogen-bond donors (Lipinski definition) is 2. The fourth-order valence-electron chi connectivity index (χ4n) is 4.48. The highest BCUT2D eigenvalue weighted by Gasteiger charge is 2.42. The maximum absolute atomic E-state index is 13.4. The quantitative estimate of drug-likeness (QED) is 0.328. The molecule has 0 aliphatic carbocycles. The number of amides is 1. The highest BCUT2D eigenvalue weighted by atomic mass is 32.1. The Labute approximate surface area is 216 Å². The molecule has 2 N–H and O–H groups in total. The third-order valence-electron chi connectivity index (χ3n) is 6.10. The summed E-state index contributed by atoms with van der Waals surface area (Å²) >= 11 is 5.63. The predicted octanol–water partition coefficient (Wildman–Crippen LogP) is 5.50. The van der Waals surface area contributed by atoms with Crippen LogP contribution in [-0.4, -0.2) is 32.0 Å². The zero-order valence-electron chi connectivity index (χ0n) is 19.4. The van der Waals surface area contributed by atoms with Gasteiger partial charge in [-0.1, -0.05) is 30.3 Å². The fraction of sp³-hybridized carbons (Fsp3) is 0.148. The van der Waals surface area contributed by atoms with E-state index >= 15 is 0 Å². The van der Waals surface area contributed by atoms with Gasteiger partial charge in [-0.2, -0.15) is 13.2 Å². The molecule has 0 bridgehead atoms. The molecule has 1 saturated heterocycles. The largest absolute Gasteiger partial charge is 0.416 e. The van der Waals surface area contributed by atoms with Gasteiger partial charge in [-0.05, 0) is 66.8 Å². The Bertz CT molecular complexity index is 1410. The van der Waals surface area contributed by atoms with E-state index in [4.69, 9.17) is 12.2 Å². The summed E-state index contributed by atoms with van der Waals surface area (Å²) in [5, 5.41) is 6.48. The van der Waals surface area contributed by atoms with Crippen LogP contribution in [-0.2, 0) is 11.0 Å². The molecule has 0 radical (unpaired) electrons. The maximum atomic E-state index is 13.4. The Morgan fingerprint density at radius 2 is 1.78 bits per heavy atom. The van der Waals surface area contributed by atoms with Crippen LogP contribution in [0.5, 0.6) is 0 Å². The first kappa shape index (κ1) is 24.5. The van der Waals surface area contributed by atoms with Crippen molar-refractivity contribution in [2.75, 3.05) is 11.9 Å². The molecule has 188 valence electrons. The first-order chi connectivity index (χ1) is 17.8. The Kier molecular flexibility index (Phi) is 6.66.